The van der Waals surface area contributed by atoms with Crippen LogP contribution in [0.1, 0.15) is 61.6 Å². The van der Waals surface area contributed by atoms with E-state index < -0.39 is 5.25 Å². The number of benzene rings is 2. The van der Waals surface area contributed by atoms with Gasteiger partial charge in [-0.3, -0.25) is 19.7 Å². The highest BCUT2D eigenvalue weighted by atomic mass is 32.2. The number of hydrogen-bond acceptors (Lipinski definition) is 7. The third-order valence-corrected chi connectivity index (χ3v) is 8.21. The van der Waals surface area contributed by atoms with Gasteiger partial charge in [0.25, 0.3) is 5.24 Å². The molecule has 0 spiro atoms. The molecule has 5 rings (SSSR count). The SMILES string of the molecule is Cc1cc(C(C)Nc2ccccc2[C@@H]2SC(=O)NC2=O)c2oc(N3CCC(C)(C)CC3)cc(=O)c2c1. The molecule has 2 amide bonds. The minimum Gasteiger partial charge on any atom is -0.440 e. The Hall–Kier alpha value is -3.26. The third kappa shape index (κ3) is 4.74. The van der Waals surface area contributed by atoms with Crippen LogP contribution in [0.2, 0.25) is 0 Å². The first-order valence-electron chi connectivity index (χ1n) is 12.3. The molecular formula is C28H31N3O4S. The van der Waals surface area contributed by atoms with Gasteiger partial charge in [0.2, 0.25) is 5.91 Å². The van der Waals surface area contributed by atoms with Gasteiger partial charge in [0.15, 0.2) is 11.3 Å². The molecule has 1 aromatic heterocycles. The number of rotatable bonds is 5. The number of anilines is 2. The van der Waals surface area contributed by atoms with E-state index in [2.05, 4.69) is 29.4 Å². The highest BCUT2D eigenvalue weighted by Gasteiger charge is 2.34. The molecule has 0 saturated carbocycles. The lowest BCUT2D eigenvalue weighted by Gasteiger charge is -2.37. The van der Waals surface area contributed by atoms with Crippen LogP contribution in [0.15, 0.2) is 51.7 Å². The zero-order valence-electron chi connectivity index (χ0n) is 21.0. The highest BCUT2D eigenvalue weighted by molar-refractivity contribution is 8.15. The van der Waals surface area contributed by atoms with Crippen molar-refractivity contribution in [1.29, 1.82) is 0 Å². The monoisotopic (exact) mass is 505 g/mol. The van der Waals surface area contributed by atoms with Gasteiger partial charge in [-0.05, 0) is 67.1 Å². The summed E-state index contributed by atoms with van der Waals surface area (Å²) in [5, 5.41) is 5.49. The molecule has 2 aromatic carbocycles. The molecule has 36 heavy (non-hydrogen) atoms. The van der Waals surface area contributed by atoms with Gasteiger partial charge < -0.3 is 14.6 Å². The quantitative estimate of drug-likeness (QED) is 0.444. The van der Waals surface area contributed by atoms with Crippen molar-refractivity contribution in [3.63, 3.8) is 0 Å². The fourth-order valence-corrected chi connectivity index (χ4v) is 5.83. The lowest BCUT2D eigenvalue weighted by Crippen LogP contribution is -2.37. The molecule has 0 bridgehead atoms. The average Bonchev–Trinajstić information content (AvgIpc) is 3.16. The van der Waals surface area contributed by atoms with Gasteiger partial charge in [-0.25, -0.2) is 0 Å². The molecule has 7 nitrogen and oxygen atoms in total. The van der Waals surface area contributed by atoms with Gasteiger partial charge in [0.05, 0.1) is 11.4 Å². The number of carbonyl (C=O) groups is 2. The van der Waals surface area contributed by atoms with Crippen molar-refractivity contribution in [2.75, 3.05) is 23.3 Å². The van der Waals surface area contributed by atoms with E-state index in [-0.39, 0.29) is 22.6 Å². The van der Waals surface area contributed by atoms with Crippen LogP contribution in [0.25, 0.3) is 11.0 Å². The Kier molecular flexibility index (Phi) is 6.32. The van der Waals surface area contributed by atoms with Gasteiger partial charge in [0, 0.05) is 30.4 Å². The van der Waals surface area contributed by atoms with E-state index in [0.29, 0.717) is 22.3 Å². The maximum absolute atomic E-state index is 13.2. The Labute approximate surface area is 214 Å². The van der Waals surface area contributed by atoms with Crippen molar-refractivity contribution in [1.82, 2.24) is 5.32 Å². The van der Waals surface area contributed by atoms with E-state index >= 15 is 0 Å². The maximum atomic E-state index is 13.2. The van der Waals surface area contributed by atoms with Crippen molar-refractivity contribution in [2.24, 2.45) is 5.41 Å². The van der Waals surface area contributed by atoms with Crippen LogP contribution >= 0.6 is 11.8 Å². The van der Waals surface area contributed by atoms with Crippen LogP contribution in [0.3, 0.4) is 0 Å². The maximum Gasteiger partial charge on any atom is 0.286 e. The molecule has 3 heterocycles. The predicted octanol–water partition coefficient (Wildman–Crippen LogP) is 5.93. The second-order valence-corrected chi connectivity index (χ2v) is 11.6. The summed E-state index contributed by atoms with van der Waals surface area (Å²) in [7, 11) is 0. The number of amides is 2. The van der Waals surface area contributed by atoms with Crippen LogP contribution in [-0.2, 0) is 4.79 Å². The van der Waals surface area contributed by atoms with E-state index in [1.165, 1.54) is 0 Å². The highest BCUT2D eigenvalue weighted by Crippen LogP contribution is 2.40. The molecule has 0 radical (unpaired) electrons. The number of imide groups is 1. The number of hydrogen-bond donors (Lipinski definition) is 2. The smallest absolute Gasteiger partial charge is 0.286 e. The van der Waals surface area contributed by atoms with E-state index in [0.717, 1.165) is 60.1 Å². The average molecular weight is 506 g/mol. The van der Waals surface area contributed by atoms with Gasteiger partial charge in [-0.15, -0.1) is 0 Å². The summed E-state index contributed by atoms with van der Waals surface area (Å²) in [6, 6.07) is 12.8. The van der Waals surface area contributed by atoms with Crippen molar-refractivity contribution in [3.8, 4) is 0 Å². The van der Waals surface area contributed by atoms with E-state index in [9.17, 15) is 14.4 Å². The molecule has 0 aliphatic carbocycles. The van der Waals surface area contributed by atoms with Crippen molar-refractivity contribution in [3.05, 3.63) is 69.4 Å². The molecule has 2 atom stereocenters. The molecule has 2 aliphatic rings. The fraction of sp³-hybridized carbons (Fsp3) is 0.393. The second-order valence-electron chi connectivity index (χ2n) is 10.6. The number of carbonyl (C=O) groups excluding carboxylic acids is 2. The Morgan fingerprint density at radius 1 is 1.11 bits per heavy atom. The number of nitrogens with one attached hydrogen (secondary N) is 2. The summed E-state index contributed by atoms with van der Waals surface area (Å²) in [6.45, 7) is 10.2. The number of piperidine rings is 1. The molecule has 2 saturated heterocycles. The molecule has 2 fully saturated rings. The molecule has 3 aromatic rings. The first-order valence-corrected chi connectivity index (χ1v) is 13.2. The summed E-state index contributed by atoms with van der Waals surface area (Å²) in [4.78, 5) is 39.4. The Balaban J connectivity index is 1.51. The van der Waals surface area contributed by atoms with Crippen molar-refractivity contribution < 1.29 is 14.0 Å². The molecule has 2 aliphatic heterocycles. The second kappa shape index (κ2) is 9.32. The van der Waals surface area contributed by atoms with Gasteiger partial charge in [0.1, 0.15) is 10.8 Å². The van der Waals surface area contributed by atoms with Crippen LogP contribution < -0.4 is 21.0 Å². The number of aryl methyl sites for hydroxylation is 1. The first kappa shape index (κ1) is 24.4. The first-order chi connectivity index (χ1) is 17.1. The number of thioether (sulfide) groups is 1. The topological polar surface area (TPSA) is 91.7 Å². The van der Waals surface area contributed by atoms with Crippen molar-refractivity contribution >= 4 is 45.4 Å². The summed E-state index contributed by atoms with van der Waals surface area (Å²) in [6.07, 6.45) is 2.08. The van der Waals surface area contributed by atoms with Gasteiger partial charge in [-0.1, -0.05) is 38.1 Å². The lowest BCUT2D eigenvalue weighted by atomic mass is 9.83. The Morgan fingerprint density at radius 3 is 2.53 bits per heavy atom. The van der Waals surface area contributed by atoms with Crippen LogP contribution in [0.5, 0.6) is 0 Å². The summed E-state index contributed by atoms with van der Waals surface area (Å²) >= 11 is 0.983. The Morgan fingerprint density at radius 2 is 1.83 bits per heavy atom. The summed E-state index contributed by atoms with van der Waals surface area (Å²) in [5.41, 5.74) is 4.17. The molecule has 8 heteroatoms. The number of fused-ring (bicyclic) bond motifs is 1. The number of nitrogens with zero attached hydrogens (tertiary/aromatic N) is 1. The number of para-hydroxylation sites is 1. The standard InChI is InChI=1S/C28H31N3O4S/c1-16-13-19(17(2)29-21-8-6-5-7-18(21)25-26(33)30-27(34)36-25)24-20(14-16)22(32)15-23(35-24)31-11-9-28(3,4)10-12-31/h5-8,13-15,17,25,29H,9-12H2,1-4H3,(H,30,33,34)/t17?,25-/m0/s1. The minimum absolute atomic E-state index is 0.0498. The summed E-state index contributed by atoms with van der Waals surface area (Å²) in [5.74, 6) is 0.298. The van der Waals surface area contributed by atoms with E-state index in [1.807, 2.05) is 50.2 Å². The fourth-order valence-electron chi connectivity index (χ4n) is 4.96. The molecule has 1 unspecified atom stereocenters. The van der Waals surface area contributed by atoms with Crippen LogP contribution in [-0.4, -0.2) is 24.2 Å². The lowest BCUT2D eigenvalue weighted by molar-refractivity contribution is -0.119. The normalized spacial score (nSPS) is 20.4. The van der Waals surface area contributed by atoms with Gasteiger partial charge in [-0.2, -0.15) is 0 Å². The third-order valence-electron chi connectivity index (χ3n) is 7.19. The molecular weight excluding hydrogens is 474 g/mol. The minimum atomic E-state index is -0.601. The molecule has 2 N–H and O–H groups in total. The van der Waals surface area contributed by atoms with E-state index in [1.54, 1.807) is 6.07 Å². The zero-order valence-corrected chi connectivity index (χ0v) is 21.8. The van der Waals surface area contributed by atoms with Crippen LogP contribution in [0.4, 0.5) is 16.4 Å². The predicted molar refractivity (Wildman–Crippen MR) is 145 cm³/mol. The van der Waals surface area contributed by atoms with Crippen LogP contribution in [0, 0.1) is 12.3 Å². The zero-order chi connectivity index (χ0) is 25.6. The van der Waals surface area contributed by atoms with Crippen molar-refractivity contribution in [2.45, 2.75) is 51.8 Å². The summed E-state index contributed by atoms with van der Waals surface area (Å²) < 4.78 is 6.43. The van der Waals surface area contributed by atoms with Gasteiger partial charge >= 0.3 is 0 Å². The van der Waals surface area contributed by atoms with E-state index in [4.69, 9.17) is 4.42 Å². The Bertz CT molecular complexity index is 1400. The molecule has 188 valence electrons. The largest absolute Gasteiger partial charge is 0.440 e.